The van der Waals surface area contributed by atoms with E-state index in [1.807, 2.05) is 14.1 Å². The summed E-state index contributed by atoms with van der Waals surface area (Å²) >= 11 is 0. The van der Waals surface area contributed by atoms with E-state index in [0.29, 0.717) is 12.1 Å². The van der Waals surface area contributed by atoms with E-state index in [-0.39, 0.29) is 6.03 Å². The van der Waals surface area contributed by atoms with Gasteiger partial charge in [0.05, 0.1) is 0 Å². The summed E-state index contributed by atoms with van der Waals surface area (Å²) in [5.74, 6) is 0. The zero-order valence-corrected chi connectivity index (χ0v) is 10.6. The largest absolute Gasteiger partial charge is 0.331 e. The van der Waals surface area contributed by atoms with Gasteiger partial charge in [-0.25, -0.2) is 4.79 Å². The molecule has 92 valence electrons. The zero-order chi connectivity index (χ0) is 11.7. The maximum atomic E-state index is 12.1. The molecule has 1 heterocycles. The van der Waals surface area contributed by atoms with E-state index in [1.165, 1.54) is 12.8 Å². The van der Waals surface area contributed by atoms with Crippen LogP contribution in [0.4, 0.5) is 4.79 Å². The van der Waals surface area contributed by atoms with Gasteiger partial charge in [0.2, 0.25) is 0 Å². The van der Waals surface area contributed by atoms with Gasteiger partial charge in [-0.1, -0.05) is 0 Å². The maximum Gasteiger partial charge on any atom is 0.319 e. The molecule has 1 aliphatic carbocycles. The van der Waals surface area contributed by atoms with E-state index < -0.39 is 0 Å². The molecule has 0 N–H and O–H groups in total. The van der Waals surface area contributed by atoms with Gasteiger partial charge in [0, 0.05) is 26.2 Å². The van der Waals surface area contributed by atoms with Crippen LogP contribution in [0.25, 0.3) is 0 Å². The quantitative estimate of drug-likeness (QED) is 0.706. The van der Waals surface area contributed by atoms with E-state index in [0.717, 1.165) is 25.9 Å². The average Bonchev–Trinajstić information content (AvgIpc) is 3.05. The van der Waals surface area contributed by atoms with E-state index in [9.17, 15) is 4.79 Å². The lowest BCUT2D eigenvalue weighted by Crippen LogP contribution is -2.50. The van der Waals surface area contributed by atoms with Crippen LogP contribution in [0.15, 0.2) is 0 Å². The van der Waals surface area contributed by atoms with Gasteiger partial charge in [-0.3, -0.25) is 0 Å². The lowest BCUT2D eigenvalue weighted by Gasteiger charge is -2.38. The fraction of sp³-hybridized carbons (Fsp3) is 0.917. The summed E-state index contributed by atoms with van der Waals surface area (Å²) in [5, 5.41) is 0. The number of likely N-dealkylation sites (tertiary alicyclic amines) is 1. The van der Waals surface area contributed by atoms with Crippen molar-refractivity contribution in [3.8, 4) is 0 Å². The highest BCUT2D eigenvalue weighted by molar-refractivity contribution is 5.75. The van der Waals surface area contributed by atoms with Crippen LogP contribution in [0.5, 0.6) is 0 Å². The Balaban J connectivity index is 1.99. The van der Waals surface area contributed by atoms with Crippen LogP contribution < -0.4 is 0 Å². The van der Waals surface area contributed by atoms with Crippen LogP contribution in [-0.4, -0.2) is 67.0 Å². The van der Waals surface area contributed by atoms with Crippen molar-refractivity contribution in [2.75, 3.05) is 34.2 Å². The summed E-state index contributed by atoms with van der Waals surface area (Å²) in [6.07, 6.45) is 4.66. The number of rotatable bonds is 2. The lowest BCUT2D eigenvalue weighted by atomic mass is 10.0. The maximum absolute atomic E-state index is 12.1. The number of nitrogens with zero attached hydrogens (tertiary/aromatic N) is 3. The van der Waals surface area contributed by atoms with Crippen molar-refractivity contribution in [2.45, 2.75) is 37.8 Å². The highest BCUT2D eigenvalue weighted by Gasteiger charge is 2.38. The second kappa shape index (κ2) is 4.62. The van der Waals surface area contributed by atoms with Gasteiger partial charge in [-0.2, -0.15) is 0 Å². The van der Waals surface area contributed by atoms with Crippen LogP contribution in [-0.2, 0) is 0 Å². The lowest BCUT2D eigenvalue weighted by molar-refractivity contribution is 0.110. The first-order valence-electron chi connectivity index (χ1n) is 6.27. The topological polar surface area (TPSA) is 26.8 Å². The van der Waals surface area contributed by atoms with Crippen LogP contribution >= 0.6 is 0 Å². The number of amides is 2. The molecule has 0 spiro atoms. The zero-order valence-electron chi connectivity index (χ0n) is 10.6. The third-order valence-corrected chi connectivity index (χ3v) is 3.63. The van der Waals surface area contributed by atoms with E-state index in [1.54, 1.807) is 4.90 Å². The molecule has 1 aliphatic heterocycles. The van der Waals surface area contributed by atoms with Crippen molar-refractivity contribution >= 4 is 6.03 Å². The highest BCUT2D eigenvalue weighted by Crippen LogP contribution is 2.32. The number of piperidine rings is 1. The molecule has 4 heteroatoms. The Kier molecular flexibility index (Phi) is 3.38. The minimum absolute atomic E-state index is 0.206. The second-order valence-electron chi connectivity index (χ2n) is 5.35. The van der Waals surface area contributed by atoms with Gasteiger partial charge in [-0.05, 0) is 45.8 Å². The van der Waals surface area contributed by atoms with Gasteiger partial charge in [-0.15, -0.1) is 0 Å². The molecule has 2 aliphatic rings. The molecule has 0 aromatic rings. The molecule has 0 bridgehead atoms. The van der Waals surface area contributed by atoms with Gasteiger partial charge in [0.1, 0.15) is 0 Å². The number of hydrogen-bond donors (Lipinski definition) is 0. The van der Waals surface area contributed by atoms with Crippen molar-refractivity contribution in [2.24, 2.45) is 0 Å². The van der Waals surface area contributed by atoms with Crippen molar-refractivity contribution in [3.63, 3.8) is 0 Å². The first-order valence-corrected chi connectivity index (χ1v) is 6.27. The summed E-state index contributed by atoms with van der Waals surface area (Å²) in [6.45, 7) is 2.24. The smallest absolute Gasteiger partial charge is 0.319 e. The van der Waals surface area contributed by atoms with E-state index >= 15 is 0 Å². The SMILES string of the molecule is CN1CCC(N(C(=O)N(C)C)C2CC2)CC1. The molecule has 0 radical (unpaired) electrons. The van der Waals surface area contributed by atoms with Crippen LogP contribution in [0.1, 0.15) is 25.7 Å². The Morgan fingerprint density at radius 3 is 2.00 bits per heavy atom. The molecule has 2 amide bonds. The monoisotopic (exact) mass is 225 g/mol. The Labute approximate surface area is 98.2 Å². The van der Waals surface area contributed by atoms with Gasteiger partial charge in [0.25, 0.3) is 0 Å². The predicted molar refractivity (Wildman–Crippen MR) is 64.5 cm³/mol. The van der Waals surface area contributed by atoms with Crippen LogP contribution in [0, 0.1) is 0 Å². The molecule has 0 aromatic carbocycles. The summed E-state index contributed by atoms with van der Waals surface area (Å²) in [6, 6.07) is 1.21. The molecule has 0 aromatic heterocycles. The highest BCUT2D eigenvalue weighted by atomic mass is 16.2. The fourth-order valence-corrected chi connectivity index (χ4v) is 2.47. The van der Waals surface area contributed by atoms with Crippen molar-refractivity contribution in [1.82, 2.24) is 14.7 Å². The van der Waals surface area contributed by atoms with Crippen molar-refractivity contribution in [3.05, 3.63) is 0 Å². The van der Waals surface area contributed by atoms with Crippen LogP contribution in [0.3, 0.4) is 0 Å². The predicted octanol–water partition coefficient (Wildman–Crippen LogP) is 1.23. The average molecular weight is 225 g/mol. The minimum atomic E-state index is 0.206. The number of urea groups is 1. The summed E-state index contributed by atoms with van der Waals surface area (Å²) < 4.78 is 0. The van der Waals surface area contributed by atoms with Gasteiger partial charge in [0.15, 0.2) is 0 Å². The minimum Gasteiger partial charge on any atom is -0.331 e. The summed E-state index contributed by atoms with van der Waals surface area (Å²) in [5.41, 5.74) is 0. The number of carbonyl (C=O) groups excluding carboxylic acids is 1. The summed E-state index contributed by atoms with van der Waals surface area (Å²) in [4.78, 5) is 18.4. The number of carbonyl (C=O) groups is 1. The molecule has 2 fully saturated rings. The Morgan fingerprint density at radius 2 is 1.56 bits per heavy atom. The van der Waals surface area contributed by atoms with Gasteiger partial charge >= 0.3 is 6.03 Å². The molecule has 4 nitrogen and oxygen atoms in total. The molecule has 1 saturated heterocycles. The molecule has 0 unspecified atom stereocenters. The molecule has 0 atom stereocenters. The Morgan fingerprint density at radius 1 is 1.06 bits per heavy atom. The molecule has 1 saturated carbocycles. The summed E-state index contributed by atoms with van der Waals surface area (Å²) in [7, 11) is 5.87. The third kappa shape index (κ3) is 2.48. The molecule has 16 heavy (non-hydrogen) atoms. The normalized spacial score (nSPS) is 23.2. The standard InChI is InChI=1S/C12H23N3O/c1-13(2)12(16)15(10-4-5-10)11-6-8-14(3)9-7-11/h10-11H,4-9H2,1-3H3. The Bertz CT molecular complexity index is 255. The first kappa shape index (κ1) is 11.7. The molecular weight excluding hydrogens is 202 g/mol. The Hall–Kier alpha value is -0.770. The van der Waals surface area contributed by atoms with Crippen molar-refractivity contribution < 1.29 is 4.79 Å². The molecule has 2 rings (SSSR count). The van der Waals surface area contributed by atoms with Crippen molar-refractivity contribution in [1.29, 1.82) is 0 Å². The van der Waals surface area contributed by atoms with Gasteiger partial charge < -0.3 is 14.7 Å². The molecular formula is C12H23N3O. The first-order chi connectivity index (χ1) is 7.59. The van der Waals surface area contributed by atoms with E-state index in [4.69, 9.17) is 0 Å². The third-order valence-electron chi connectivity index (χ3n) is 3.63. The van der Waals surface area contributed by atoms with E-state index in [2.05, 4.69) is 16.8 Å². The fourth-order valence-electron chi connectivity index (χ4n) is 2.47. The second-order valence-corrected chi connectivity index (χ2v) is 5.35. The van der Waals surface area contributed by atoms with Crippen LogP contribution in [0.2, 0.25) is 0 Å². The number of hydrogen-bond acceptors (Lipinski definition) is 2.